The molecule has 0 fully saturated rings. The summed E-state index contributed by atoms with van der Waals surface area (Å²) in [5.41, 5.74) is -0.0323. The van der Waals surface area contributed by atoms with Crippen LogP contribution in [0.1, 0.15) is 12.0 Å². The van der Waals surface area contributed by atoms with Crippen molar-refractivity contribution in [2.45, 2.75) is 6.42 Å². The topological polar surface area (TPSA) is 41.8 Å². The molecule has 0 bridgehead atoms. The van der Waals surface area contributed by atoms with E-state index in [0.29, 0.717) is 6.42 Å². The van der Waals surface area contributed by atoms with Crippen molar-refractivity contribution in [3.8, 4) is 18.1 Å². The molecular weight excluding hydrogens is 277 g/mol. The summed E-state index contributed by atoms with van der Waals surface area (Å²) in [6, 6.07) is 2.76. The van der Waals surface area contributed by atoms with Gasteiger partial charge in [0.1, 0.15) is 18.2 Å². The van der Waals surface area contributed by atoms with Crippen LogP contribution >= 0.6 is 15.9 Å². The van der Waals surface area contributed by atoms with Crippen LogP contribution in [-0.2, 0) is 4.84 Å². The molecule has 3 nitrogen and oxygen atoms in total. The molecule has 16 heavy (non-hydrogen) atoms. The van der Waals surface area contributed by atoms with E-state index in [0.717, 1.165) is 6.21 Å². The molecule has 5 heteroatoms. The highest BCUT2D eigenvalue weighted by Crippen LogP contribution is 2.25. The molecule has 84 valence electrons. The lowest BCUT2D eigenvalue weighted by Gasteiger charge is -2.02. The molecule has 0 saturated carbocycles. The first-order chi connectivity index (χ1) is 7.66. The number of hydrogen-bond donors (Lipinski definition) is 1. The normalized spacial score (nSPS) is 10.3. The minimum Gasteiger partial charge on any atom is -0.507 e. The summed E-state index contributed by atoms with van der Waals surface area (Å²) in [4.78, 5) is 4.76. The molecule has 1 rings (SSSR count). The molecule has 0 unspecified atom stereocenters. The highest BCUT2D eigenvalue weighted by molar-refractivity contribution is 9.10. The van der Waals surface area contributed by atoms with Gasteiger partial charge >= 0.3 is 0 Å². The molecular formula is C11H9BrFNO2. The third-order valence-electron chi connectivity index (χ3n) is 1.70. The Kier molecular flexibility index (Phi) is 4.80. The monoisotopic (exact) mass is 285 g/mol. The van der Waals surface area contributed by atoms with Crippen molar-refractivity contribution in [2.24, 2.45) is 5.16 Å². The van der Waals surface area contributed by atoms with E-state index >= 15 is 0 Å². The number of rotatable bonds is 4. The van der Waals surface area contributed by atoms with Gasteiger partial charge in [-0.25, -0.2) is 4.39 Å². The zero-order valence-corrected chi connectivity index (χ0v) is 9.87. The van der Waals surface area contributed by atoms with Gasteiger partial charge in [-0.3, -0.25) is 0 Å². The second-order valence-electron chi connectivity index (χ2n) is 2.82. The molecule has 1 N–H and O–H groups in total. The molecule has 1 aromatic rings. The summed E-state index contributed by atoms with van der Waals surface area (Å²) >= 11 is 3.00. The van der Waals surface area contributed by atoms with Gasteiger partial charge in [0.25, 0.3) is 0 Å². The largest absolute Gasteiger partial charge is 0.507 e. The quantitative estimate of drug-likeness (QED) is 0.400. The van der Waals surface area contributed by atoms with Gasteiger partial charge in [-0.15, -0.1) is 12.3 Å². The fourth-order valence-electron chi connectivity index (χ4n) is 0.926. The predicted octanol–water partition coefficient (Wildman–Crippen LogP) is 2.67. The number of phenols is 1. The average Bonchev–Trinajstić information content (AvgIpc) is 2.28. The second kappa shape index (κ2) is 6.13. The number of oxime groups is 1. The Morgan fingerprint density at radius 2 is 2.38 bits per heavy atom. The molecule has 0 spiro atoms. The van der Waals surface area contributed by atoms with Crippen molar-refractivity contribution < 1.29 is 14.3 Å². The van der Waals surface area contributed by atoms with Crippen LogP contribution in [-0.4, -0.2) is 17.9 Å². The van der Waals surface area contributed by atoms with E-state index in [2.05, 4.69) is 27.0 Å². The van der Waals surface area contributed by atoms with Gasteiger partial charge in [-0.1, -0.05) is 5.16 Å². The fourth-order valence-corrected chi connectivity index (χ4v) is 1.27. The predicted molar refractivity (Wildman–Crippen MR) is 62.8 cm³/mol. The zero-order valence-electron chi connectivity index (χ0n) is 8.28. The van der Waals surface area contributed by atoms with Gasteiger partial charge in [0.15, 0.2) is 0 Å². The minimum atomic E-state index is -0.593. The van der Waals surface area contributed by atoms with Crippen LogP contribution in [0, 0.1) is 18.2 Å². The van der Waals surface area contributed by atoms with Gasteiger partial charge in [-0.05, 0) is 28.1 Å². The first-order valence-electron chi connectivity index (χ1n) is 4.42. The van der Waals surface area contributed by atoms with Crippen molar-refractivity contribution in [1.82, 2.24) is 0 Å². The van der Waals surface area contributed by atoms with Crippen molar-refractivity contribution in [3.63, 3.8) is 0 Å². The van der Waals surface area contributed by atoms with E-state index in [4.69, 9.17) is 11.3 Å². The van der Waals surface area contributed by atoms with Crippen LogP contribution in [0.2, 0.25) is 0 Å². The minimum absolute atomic E-state index is 0.0323. The first kappa shape index (κ1) is 12.5. The van der Waals surface area contributed by atoms with E-state index in [1.165, 1.54) is 12.1 Å². The number of halogens is 2. The Hall–Kier alpha value is -1.54. The zero-order chi connectivity index (χ0) is 12.0. The SMILES string of the molecule is C#CCCON=Cc1c(O)ccc(Br)c1F. The molecule has 0 aromatic heterocycles. The number of phenolic OH excluding ortho intramolecular Hbond substituents is 1. The number of terminal acetylenes is 1. The molecule has 0 aliphatic carbocycles. The molecule has 0 aliphatic rings. The van der Waals surface area contributed by atoms with Gasteiger partial charge < -0.3 is 9.94 Å². The van der Waals surface area contributed by atoms with Gasteiger partial charge in [0.2, 0.25) is 0 Å². The molecule has 0 aliphatic heterocycles. The van der Waals surface area contributed by atoms with Crippen molar-refractivity contribution in [2.75, 3.05) is 6.61 Å². The van der Waals surface area contributed by atoms with Crippen LogP contribution in [0.5, 0.6) is 5.75 Å². The first-order valence-corrected chi connectivity index (χ1v) is 5.22. The Morgan fingerprint density at radius 1 is 1.62 bits per heavy atom. The average molecular weight is 286 g/mol. The maximum absolute atomic E-state index is 13.5. The summed E-state index contributed by atoms with van der Waals surface area (Å²) in [6.07, 6.45) is 6.53. The van der Waals surface area contributed by atoms with Crippen LogP contribution in [0.4, 0.5) is 4.39 Å². The van der Waals surface area contributed by atoms with E-state index in [1.54, 1.807) is 0 Å². The third kappa shape index (κ3) is 3.24. The van der Waals surface area contributed by atoms with Crippen LogP contribution < -0.4 is 0 Å². The van der Waals surface area contributed by atoms with E-state index in [-0.39, 0.29) is 22.4 Å². The van der Waals surface area contributed by atoms with E-state index in [9.17, 15) is 9.50 Å². The number of aromatic hydroxyl groups is 1. The van der Waals surface area contributed by atoms with Crippen molar-refractivity contribution in [1.29, 1.82) is 0 Å². The van der Waals surface area contributed by atoms with Gasteiger partial charge in [-0.2, -0.15) is 0 Å². The Morgan fingerprint density at radius 3 is 3.06 bits per heavy atom. The summed E-state index contributed by atoms with van der Waals surface area (Å²) in [7, 11) is 0. The summed E-state index contributed by atoms with van der Waals surface area (Å²) < 4.78 is 13.7. The number of benzene rings is 1. The van der Waals surface area contributed by atoms with Crippen LogP contribution in [0.25, 0.3) is 0 Å². The molecule has 1 aromatic carbocycles. The lowest BCUT2D eigenvalue weighted by Crippen LogP contribution is -1.92. The third-order valence-corrected chi connectivity index (χ3v) is 2.32. The molecule has 0 atom stereocenters. The van der Waals surface area contributed by atoms with Crippen molar-refractivity contribution in [3.05, 3.63) is 28.0 Å². The lowest BCUT2D eigenvalue weighted by molar-refractivity contribution is 0.152. The maximum atomic E-state index is 13.5. The maximum Gasteiger partial charge on any atom is 0.149 e. The molecule has 0 amide bonds. The fraction of sp³-hybridized carbons (Fsp3) is 0.182. The smallest absolute Gasteiger partial charge is 0.149 e. The van der Waals surface area contributed by atoms with Crippen LogP contribution in [0.15, 0.2) is 21.8 Å². The lowest BCUT2D eigenvalue weighted by atomic mass is 10.2. The highest BCUT2D eigenvalue weighted by atomic mass is 79.9. The summed E-state index contributed by atoms with van der Waals surface area (Å²) in [5, 5.41) is 12.9. The van der Waals surface area contributed by atoms with Crippen molar-refractivity contribution >= 4 is 22.1 Å². The summed E-state index contributed by atoms with van der Waals surface area (Å²) in [5.74, 6) is 1.57. The Bertz CT molecular complexity index is 440. The Labute approximate surface area is 101 Å². The molecule has 0 heterocycles. The standard InChI is InChI=1S/C11H9BrFNO2/c1-2-3-6-16-14-7-8-10(15)5-4-9(12)11(8)13/h1,4-5,7,15H,3,6H2. The summed E-state index contributed by atoms with van der Waals surface area (Å²) in [6.45, 7) is 0.253. The van der Waals surface area contributed by atoms with Gasteiger partial charge in [0.05, 0.1) is 16.3 Å². The number of nitrogens with zero attached hydrogens (tertiary/aromatic N) is 1. The molecule has 0 radical (unpaired) electrons. The highest BCUT2D eigenvalue weighted by Gasteiger charge is 2.09. The van der Waals surface area contributed by atoms with E-state index in [1.807, 2.05) is 0 Å². The molecule has 0 saturated heterocycles. The van der Waals surface area contributed by atoms with Gasteiger partial charge in [0, 0.05) is 6.42 Å². The second-order valence-corrected chi connectivity index (χ2v) is 3.67. The van der Waals surface area contributed by atoms with E-state index < -0.39 is 5.82 Å². The van der Waals surface area contributed by atoms with Crippen LogP contribution in [0.3, 0.4) is 0 Å². The number of hydrogen-bond acceptors (Lipinski definition) is 3. The Balaban J connectivity index is 2.73.